The molecular weight excluding hydrogens is 346 g/mol. The third-order valence-corrected chi connectivity index (χ3v) is 4.56. The van der Waals surface area contributed by atoms with E-state index in [9.17, 15) is 4.79 Å². The fraction of sp³-hybridized carbons (Fsp3) is 0.200. The molecule has 1 aliphatic rings. The van der Waals surface area contributed by atoms with Crippen molar-refractivity contribution in [2.24, 2.45) is 5.10 Å². The van der Waals surface area contributed by atoms with Crippen molar-refractivity contribution in [3.8, 4) is 17.2 Å². The van der Waals surface area contributed by atoms with E-state index in [4.69, 9.17) is 13.9 Å². The number of carbonyl (C=O) groups is 1. The van der Waals surface area contributed by atoms with Gasteiger partial charge in [0.15, 0.2) is 11.5 Å². The third kappa shape index (κ3) is 3.08. The van der Waals surface area contributed by atoms with Crippen molar-refractivity contribution in [3.05, 3.63) is 64.9 Å². The number of aryl methyl sites for hydroxylation is 2. The molecule has 0 saturated heterocycles. The van der Waals surface area contributed by atoms with Crippen molar-refractivity contribution in [3.63, 3.8) is 0 Å². The summed E-state index contributed by atoms with van der Waals surface area (Å²) in [6, 6.07) is 9.47. The van der Waals surface area contributed by atoms with Crippen molar-refractivity contribution in [1.82, 2.24) is 9.99 Å². The predicted molar refractivity (Wildman–Crippen MR) is 99.9 cm³/mol. The van der Waals surface area contributed by atoms with Crippen LogP contribution < -0.4 is 14.9 Å². The van der Waals surface area contributed by atoms with E-state index in [2.05, 4.69) is 15.1 Å². The van der Waals surface area contributed by atoms with Crippen LogP contribution >= 0.6 is 0 Å². The molecule has 0 unspecified atom stereocenters. The first-order valence-electron chi connectivity index (χ1n) is 8.51. The van der Waals surface area contributed by atoms with Gasteiger partial charge in [-0.2, -0.15) is 5.10 Å². The summed E-state index contributed by atoms with van der Waals surface area (Å²) in [5, 5.41) is 4.08. The second-order valence-corrected chi connectivity index (χ2v) is 6.29. The van der Waals surface area contributed by atoms with E-state index in [1.807, 2.05) is 38.1 Å². The van der Waals surface area contributed by atoms with Gasteiger partial charge in [0.1, 0.15) is 5.76 Å². The quantitative estimate of drug-likeness (QED) is 0.567. The molecule has 0 aliphatic carbocycles. The minimum absolute atomic E-state index is 0.246. The van der Waals surface area contributed by atoms with Crippen LogP contribution in [0.3, 0.4) is 0 Å². The summed E-state index contributed by atoms with van der Waals surface area (Å²) in [5.41, 5.74) is 6.94. The zero-order valence-electron chi connectivity index (χ0n) is 15.3. The highest BCUT2D eigenvalue weighted by molar-refractivity contribution is 5.95. The topological polar surface area (TPSA) is 78.0 Å². The molecule has 1 aliphatic heterocycles. The van der Waals surface area contributed by atoms with Gasteiger partial charge in [-0.25, -0.2) is 5.43 Å². The molecule has 1 aromatic carbocycles. The summed E-state index contributed by atoms with van der Waals surface area (Å²) in [7, 11) is 0. The van der Waals surface area contributed by atoms with Crippen LogP contribution in [0.2, 0.25) is 0 Å². The van der Waals surface area contributed by atoms with Crippen molar-refractivity contribution in [1.29, 1.82) is 0 Å². The van der Waals surface area contributed by atoms with Crippen LogP contribution in [0.25, 0.3) is 5.69 Å². The van der Waals surface area contributed by atoms with Gasteiger partial charge in [-0.05, 0) is 45.0 Å². The Hall–Kier alpha value is -3.48. The molecule has 0 bridgehead atoms. The summed E-state index contributed by atoms with van der Waals surface area (Å²) in [5.74, 6) is 1.74. The number of hydrazone groups is 1. The lowest BCUT2D eigenvalue weighted by atomic mass is 10.2. The van der Waals surface area contributed by atoms with Crippen molar-refractivity contribution in [2.45, 2.75) is 20.8 Å². The molecule has 0 spiro atoms. The summed E-state index contributed by atoms with van der Waals surface area (Å²) in [4.78, 5) is 12.1. The number of carbonyl (C=O) groups excluding carboxylic acids is 1. The van der Waals surface area contributed by atoms with Crippen LogP contribution in [0.5, 0.6) is 11.5 Å². The highest BCUT2D eigenvalue weighted by atomic mass is 16.7. The van der Waals surface area contributed by atoms with Gasteiger partial charge in [0.05, 0.1) is 18.0 Å². The molecule has 7 nitrogen and oxygen atoms in total. The monoisotopic (exact) mass is 365 g/mol. The van der Waals surface area contributed by atoms with E-state index in [0.717, 1.165) is 34.1 Å². The summed E-state index contributed by atoms with van der Waals surface area (Å²) in [6.45, 7) is 6.00. The molecule has 0 fully saturated rings. The molecule has 1 N–H and O–H groups in total. The molecule has 138 valence electrons. The first-order chi connectivity index (χ1) is 13.0. The van der Waals surface area contributed by atoms with Gasteiger partial charge in [-0.15, -0.1) is 0 Å². The van der Waals surface area contributed by atoms with Gasteiger partial charge in [0, 0.05) is 28.7 Å². The molecule has 1 amide bonds. The van der Waals surface area contributed by atoms with Crippen molar-refractivity contribution in [2.75, 3.05) is 6.79 Å². The maximum atomic E-state index is 12.1. The molecule has 0 atom stereocenters. The number of nitrogens with zero attached hydrogens (tertiary/aromatic N) is 2. The average molecular weight is 365 g/mol. The van der Waals surface area contributed by atoms with E-state index in [-0.39, 0.29) is 12.7 Å². The van der Waals surface area contributed by atoms with Gasteiger partial charge in [-0.1, -0.05) is 0 Å². The standard InChI is InChI=1S/C20H19N3O4/c1-12-8-15(10-21-22-20(24)17-6-7-25-14(17)3)13(2)23(12)16-4-5-18-19(9-16)27-11-26-18/h4-10H,11H2,1-3H3,(H,22,24)/b21-10-. The number of hydrogen-bond donors (Lipinski definition) is 1. The number of benzene rings is 1. The van der Waals surface area contributed by atoms with Crippen molar-refractivity contribution < 1.29 is 18.7 Å². The van der Waals surface area contributed by atoms with Gasteiger partial charge in [-0.3, -0.25) is 4.79 Å². The molecule has 0 saturated carbocycles. The zero-order chi connectivity index (χ0) is 19.0. The largest absolute Gasteiger partial charge is 0.469 e. The Morgan fingerprint density at radius 1 is 1.15 bits per heavy atom. The van der Waals surface area contributed by atoms with E-state index in [1.54, 1.807) is 19.2 Å². The Morgan fingerprint density at radius 2 is 1.96 bits per heavy atom. The third-order valence-electron chi connectivity index (χ3n) is 4.56. The lowest BCUT2D eigenvalue weighted by Crippen LogP contribution is -2.17. The lowest BCUT2D eigenvalue weighted by molar-refractivity contribution is 0.0953. The number of furan rings is 1. The molecule has 3 aromatic rings. The Morgan fingerprint density at radius 3 is 2.74 bits per heavy atom. The predicted octanol–water partition coefficient (Wildman–Crippen LogP) is 3.49. The minimum atomic E-state index is -0.304. The highest BCUT2D eigenvalue weighted by Gasteiger charge is 2.16. The van der Waals surface area contributed by atoms with Crippen LogP contribution in [0.4, 0.5) is 0 Å². The average Bonchev–Trinajstić information content (AvgIpc) is 3.34. The Balaban J connectivity index is 1.56. The molecule has 0 radical (unpaired) electrons. The van der Waals surface area contributed by atoms with Crippen LogP contribution in [-0.4, -0.2) is 23.5 Å². The van der Waals surface area contributed by atoms with Crippen LogP contribution in [0.1, 0.15) is 33.1 Å². The number of fused-ring (bicyclic) bond motifs is 1. The second kappa shape index (κ2) is 6.68. The maximum Gasteiger partial charge on any atom is 0.274 e. The molecule has 3 heterocycles. The van der Waals surface area contributed by atoms with Gasteiger partial charge in [0.25, 0.3) is 5.91 Å². The molecule has 4 rings (SSSR count). The summed E-state index contributed by atoms with van der Waals surface area (Å²) >= 11 is 0. The van der Waals surface area contributed by atoms with Gasteiger partial charge in [0.2, 0.25) is 6.79 Å². The van der Waals surface area contributed by atoms with E-state index < -0.39 is 0 Å². The molecule has 27 heavy (non-hydrogen) atoms. The van der Waals surface area contributed by atoms with E-state index in [1.165, 1.54) is 6.26 Å². The molecule has 7 heteroatoms. The SMILES string of the molecule is Cc1occc1C(=O)N/N=C\c1cc(C)n(-c2ccc3c(c2)OCO3)c1C. The lowest BCUT2D eigenvalue weighted by Gasteiger charge is -2.10. The molecule has 2 aromatic heterocycles. The Labute approximate surface area is 156 Å². The number of hydrogen-bond acceptors (Lipinski definition) is 5. The van der Waals surface area contributed by atoms with Crippen LogP contribution in [0, 0.1) is 20.8 Å². The van der Waals surface area contributed by atoms with Crippen LogP contribution in [0.15, 0.2) is 46.1 Å². The van der Waals surface area contributed by atoms with Gasteiger partial charge >= 0.3 is 0 Å². The fourth-order valence-electron chi connectivity index (χ4n) is 3.18. The highest BCUT2D eigenvalue weighted by Crippen LogP contribution is 2.34. The van der Waals surface area contributed by atoms with Gasteiger partial charge < -0.3 is 18.5 Å². The number of ether oxygens (including phenoxy) is 2. The van der Waals surface area contributed by atoms with Crippen LogP contribution in [-0.2, 0) is 0 Å². The number of rotatable bonds is 4. The second-order valence-electron chi connectivity index (χ2n) is 6.29. The van der Waals surface area contributed by atoms with E-state index in [0.29, 0.717) is 11.3 Å². The Bertz CT molecular complexity index is 1050. The zero-order valence-corrected chi connectivity index (χ0v) is 15.3. The van der Waals surface area contributed by atoms with E-state index >= 15 is 0 Å². The first kappa shape index (κ1) is 17.0. The summed E-state index contributed by atoms with van der Waals surface area (Å²) < 4.78 is 18.1. The smallest absolute Gasteiger partial charge is 0.274 e. The number of amides is 1. The Kier molecular flexibility index (Phi) is 4.19. The number of aromatic nitrogens is 1. The molecular formula is C20H19N3O4. The normalized spacial score (nSPS) is 12.7. The maximum absolute atomic E-state index is 12.1. The first-order valence-corrected chi connectivity index (χ1v) is 8.51. The van der Waals surface area contributed by atoms with Crippen molar-refractivity contribution >= 4 is 12.1 Å². The fourth-order valence-corrected chi connectivity index (χ4v) is 3.18. The number of nitrogens with one attached hydrogen (secondary N) is 1. The summed E-state index contributed by atoms with van der Waals surface area (Å²) in [6.07, 6.45) is 3.12. The minimum Gasteiger partial charge on any atom is -0.469 e.